The summed E-state index contributed by atoms with van der Waals surface area (Å²) in [4.78, 5) is 10.6. The van der Waals surface area contributed by atoms with Crippen LogP contribution in [0.4, 0.5) is 0 Å². The third kappa shape index (κ3) is 3.07. The van der Waals surface area contributed by atoms with Crippen molar-refractivity contribution in [1.29, 1.82) is 0 Å². The molecule has 0 radical (unpaired) electrons. The average molecular weight is 236 g/mol. The van der Waals surface area contributed by atoms with Gasteiger partial charge in [0.1, 0.15) is 5.82 Å². The van der Waals surface area contributed by atoms with Crippen molar-refractivity contribution in [2.75, 3.05) is 26.2 Å². The lowest BCUT2D eigenvalue weighted by Gasteiger charge is -2.26. The highest BCUT2D eigenvalue weighted by molar-refractivity contribution is 5.17. The lowest BCUT2D eigenvalue weighted by atomic mass is 9.96. The molecule has 0 atom stereocenters. The van der Waals surface area contributed by atoms with Gasteiger partial charge in [0.2, 0.25) is 0 Å². The molecule has 2 heterocycles. The van der Waals surface area contributed by atoms with Gasteiger partial charge < -0.3 is 10.3 Å². The summed E-state index contributed by atoms with van der Waals surface area (Å²) >= 11 is 0. The highest BCUT2D eigenvalue weighted by atomic mass is 15.2. The minimum atomic E-state index is 0.104. The van der Waals surface area contributed by atoms with E-state index in [1.165, 1.54) is 11.4 Å². The predicted octanol–water partition coefficient (Wildman–Crippen LogP) is 1.42. The number of aromatic nitrogens is 2. The normalized spacial score (nSPS) is 18.6. The van der Waals surface area contributed by atoms with Crippen LogP contribution >= 0.6 is 0 Å². The van der Waals surface area contributed by atoms with E-state index in [4.69, 9.17) is 4.98 Å². The maximum absolute atomic E-state index is 4.76. The van der Waals surface area contributed by atoms with Crippen molar-refractivity contribution >= 4 is 0 Å². The van der Waals surface area contributed by atoms with Gasteiger partial charge in [-0.05, 0) is 6.92 Å². The van der Waals surface area contributed by atoms with Gasteiger partial charge in [-0.3, -0.25) is 4.90 Å². The number of H-pyrrole nitrogens is 1. The second kappa shape index (κ2) is 4.78. The minimum absolute atomic E-state index is 0.104. The quantitative estimate of drug-likeness (QED) is 0.816. The van der Waals surface area contributed by atoms with Gasteiger partial charge in [0.05, 0.1) is 5.69 Å². The van der Waals surface area contributed by atoms with Crippen molar-refractivity contribution in [3.8, 4) is 0 Å². The lowest BCUT2D eigenvalue weighted by molar-refractivity contribution is 0.230. The fourth-order valence-corrected chi connectivity index (χ4v) is 2.09. The van der Waals surface area contributed by atoms with E-state index in [0.717, 1.165) is 38.5 Å². The molecule has 4 heteroatoms. The number of nitrogens with zero attached hydrogens (tertiary/aromatic N) is 2. The second-order valence-corrected chi connectivity index (χ2v) is 5.93. The van der Waals surface area contributed by atoms with Gasteiger partial charge in [-0.1, -0.05) is 20.8 Å². The molecule has 17 heavy (non-hydrogen) atoms. The Morgan fingerprint density at radius 2 is 1.88 bits per heavy atom. The van der Waals surface area contributed by atoms with Crippen LogP contribution in [0, 0.1) is 6.92 Å². The van der Waals surface area contributed by atoms with E-state index in [9.17, 15) is 0 Å². The van der Waals surface area contributed by atoms with Crippen LogP contribution in [0.2, 0.25) is 0 Å². The number of aryl methyl sites for hydroxylation is 1. The van der Waals surface area contributed by atoms with Gasteiger partial charge >= 0.3 is 0 Å². The highest BCUT2D eigenvalue weighted by Crippen LogP contribution is 2.21. The van der Waals surface area contributed by atoms with Crippen molar-refractivity contribution in [1.82, 2.24) is 20.2 Å². The lowest BCUT2D eigenvalue weighted by Crippen LogP contribution is -2.43. The number of imidazole rings is 1. The Hall–Kier alpha value is -0.870. The first-order valence-electron chi connectivity index (χ1n) is 6.46. The zero-order chi connectivity index (χ0) is 12.5. The first-order valence-corrected chi connectivity index (χ1v) is 6.46. The molecule has 0 amide bonds. The standard InChI is InChI=1S/C13H24N4/c1-10-11(9-17-7-5-14-6-8-17)16-12(15-10)13(2,3)4/h14H,5-9H2,1-4H3,(H,15,16). The summed E-state index contributed by atoms with van der Waals surface area (Å²) < 4.78 is 0. The maximum atomic E-state index is 4.76. The van der Waals surface area contributed by atoms with Crippen molar-refractivity contribution in [2.24, 2.45) is 0 Å². The smallest absolute Gasteiger partial charge is 0.112 e. The Balaban J connectivity index is 2.07. The van der Waals surface area contributed by atoms with E-state index in [2.05, 4.69) is 42.9 Å². The molecule has 0 bridgehead atoms. The van der Waals surface area contributed by atoms with Gasteiger partial charge in [-0.15, -0.1) is 0 Å². The summed E-state index contributed by atoms with van der Waals surface area (Å²) in [5.41, 5.74) is 2.53. The van der Waals surface area contributed by atoms with Crippen molar-refractivity contribution in [2.45, 2.75) is 39.7 Å². The zero-order valence-electron chi connectivity index (χ0n) is 11.4. The Labute approximate surface area is 104 Å². The summed E-state index contributed by atoms with van der Waals surface area (Å²) in [6.07, 6.45) is 0. The molecule has 2 rings (SSSR count). The van der Waals surface area contributed by atoms with Crippen LogP contribution in [-0.4, -0.2) is 41.0 Å². The molecule has 0 aromatic carbocycles. The van der Waals surface area contributed by atoms with E-state index >= 15 is 0 Å². The van der Waals surface area contributed by atoms with Crippen LogP contribution in [0.1, 0.15) is 38.0 Å². The molecule has 1 fully saturated rings. The van der Waals surface area contributed by atoms with E-state index in [1.54, 1.807) is 0 Å². The molecular weight excluding hydrogens is 212 g/mol. The monoisotopic (exact) mass is 236 g/mol. The highest BCUT2D eigenvalue weighted by Gasteiger charge is 2.20. The third-order valence-electron chi connectivity index (χ3n) is 3.28. The van der Waals surface area contributed by atoms with Crippen LogP contribution in [-0.2, 0) is 12.0 Å². The Kier molecular flexibility index (Phi) is 3.54. The van der Waals surface area contributed by atoms with Crippen molar-refractivity contribution < 1.29 is 0 Å². The molecule has 0 aliphatic carbocycles. The molecule has 1 aromatic rings. The van der Waals surface area contributed by atoms with Crippen molar-refractivity contribution in [3.05, 3.63) is 17.2 Å². The van der Waals surface area contributed by atoms with Crippen molar-refractivity contribution in [3.63, 3.8) is 0 Å². The minimum Gasteiger partial charge on any atom is -0.345 e. The number of nitrogens with one attached hydrogen (secondary N) is 2. The van der Waals surface area contributed by atoms with Gasteiger partial charge in [0.25, 0.3) is 0 Å². The Morgan fingerprint density at radius 3 is 2.41 bits per heavy atom. The summed E-state index contributed by atoms with van der Waals surface area (Å²) in [7, 11) is 0. The average Bonchev–Trinajstić information content (AvgIpc) is 2.62. The second-order valence-electron chi connectivity index (χ2n) is 5.93. The number of piperazine rings is 1. The summed E-state index contributed by atoms with van der Waals surface area (Å²) in [6, 6.07) is 0. The zero-order valence-corrected chi connectivity index (χ0v) is 11.4. The molecule has 0 spiro atoms. The molecule has 4 nitrogen and oxygen atoms in total. The summed E-state index contributed by atoms with van der Waals surface area (Å²) in [5.74, 6) is 1.10. The van der Waals surface area contributed by atoms with Gasteiger partial charge in [0, 0.05) is 43.8 Å². The van der Waals surface area contributed by atoms with E-state index in [1.807, 2.05) is 0 Å². The molecule has 0 saturated carbocycles. The molecule has 1 aromatic heterocycles. The summed E-state index contributed by atoms with van der Waals surface area (Å²) in [5, 5.41) is 3.37. The fraction of sp³-hybridized carbons (Fsp3) is 0.769. The third-order valence-corrected chi connectivity index (χ3v) is 3.28. The maximum Gasteiger partial charge on any atom is 0.112 e. The van der Waals surface area contributed by atoms with E-state index in [-0.39, 0.29) is 5.41 Å². The molecule has 0 unspecified atom stereocenters. The SMILES string of the molecule is Cc1[nH]c(C(C)(C)C)nc1CN1CCNCC1. The number of hydrogen-bond acceptors (Lipinski definition) is 3. The first kappa shape index (κ1) is 12.6. The van der Waals surface area contributed by atoms with Gasteiger partial charge in [0.15, 0.2) is 0 Å². The molecule has 2 N–H and O–H groups in total. The first-order chi connectivity index (χ1) is 7.97. The molecular formula is C13H24N4. The van der Waals surface area contributed by atoms with Crippen LogP contribution in [0.25, 0.3) is 0 Å². The van der Waals surface area contributed by atoms with Crippen LogP contribution in [0.3, 0.4) is 0 Å². The topological polar surface area (TPSA) is 44.0 Å². The van der Waals surface area contributed by atoms with E-state index in [0.29, 0.717) is 0 Å². The fourth-order valence-electron chi connectivity index (χ4n) is 2.09. The number of rotatable bonds is 2. The molecule has 1 aliphatic rings. The number of hydrogen-bond donors (Lipinski definition) is 2. The van der Waals surface area contributed by atoms with Crippen LogP contribution < -0.4 is 5.32 Å². The van der Waals surface area contributed by atoms with Crippen LogP contribution in [0.15, 0.2) is 0 Å². The Morgan fingerprint density at radius 1 is 1.24 bits per heavy atom. The van der Waals surface area contributed by atoms with Crippen LogP contribution in [0.5, 0.6) is 0 Å². The molecule has 96 valence electrons. The Bertz CT molecular complexity index is 369. The molecule has 1 saturated heterocycles. The predicted molar refractivity (Wildman–Crippen MR) is 70.2 cm³/mol. The summed E-state index contributed by atoms with van der Waals surface area (Å²) in [6.45, 7) is 14.1. The molecule has 1 aliphatic heterocycles. The van der Waals surface area contributed by atoms with Gasteiger partial charge in [-0.2, -0.15) is 0 Å². The van der Waals surface area contributed by atoms with Gasteiger partial charge in [-0.25, -0.2) is 4.98 Å². The largest absolute Gasteiger partial charge is 0.345 e. The number of aromatic amines is 1. The van der Waals surface area contributed by atoms with E-state index < -0.39 is 0 Å².